The highest BCUT2D eigenvalue weighted by atomic mass is 16.4. The first kappa shape index (κ1) is 13.7. The molecule has 0 aliphatic carbocycles. The van der Waals surface area contributed by atoms with Crippen molar-refractivity contribution in [3.05, 3.63) is 23.7 Å². The molecule has 0 aromatic carbocycles. The number of hydrogen-bond donors (Lipinski definition) is 2. The Balaban J connectivity index is 1.47. The molecule has 0 spiro atoms. The van der Waals surface area contributed by atoms with Gasteiger partial charge in [-0.25, -0.2) is 0 Å². The van der Waals surface area contributed by atoms with E-state index in [-0.39, 0.29) is 6.61 Å². The summed E-state index contributed by atoms with van der Waals surface area (Å²) in [5, 5.41) is 12.4. The minimum atomic E-state index is -0.0362. The minimum absolute atomic E-state index is 0.0362. The zero-order valence-electron chi connectivity index (χ0n) is 11.7. The van der Waals surface area contributed by atoms with E-state index in [2.05, 4.69) is 16.1 Å². The fourth-order valence-corrected chi connectivity index (χ4v) is 3.50. The van der Waals surface area contributed by atoms with E-state index in [0.29, 0.717) is 30.2 Å². The largest absolute Gasteiger partial charge is 0.462 e. The molecule has 4 heterocycles. The molecule has 3 fully saturated rings. The molecule has 3 aliphatic rings. The van der Waals surface area contributed by atoms with E-state index < -0.39 is 0 Å². The fraction of sp³-hybridized carbons (Fsp3) is 0.625. The number of nitrogens with one attached hydrogen (secondary N) is 1. The number of nitrogens with zero attached hydrogens (tertiary/aromatic N) is 1. The Morgan fingerprint density at radius 3 is 2.95 bits per heavy atom. The Hall–Kier alpha value is -1.28. The van der Waals surface area contributed by atoms with Crippen LogP contribution in [0.5, 0.6) is 0 Å². The van der Waals surface area contributed by atoms with Gasteiger partial charge in [0.25, 0.3) is 0 Å². The van der Waals surface area contributed by atoms with Gasteiger partial charge in [0, 0.05) is 25.0 Å². The van der Waals surface area contributed by atoms with Crippen LogP contribution in [0.1, 0.15) is 24.4 Å². The van der Waals surface area contributed by atoms with E-state index in [1.807, 2.05) is 12.1 Å². The Labute approximate surface area is 120 Å². The topological polar surface area (TPSA) is 48.6 Å². The number of rotatable bonds is 5. The molecule has 4 nitrogen and oxygen atoms in total. The molecular weight excluding hydrogens is 252 g/mol. The van der Waals surface area contributed by atoms with Crippen LogP contribution in [0.4, 0.5) is 0 Å². The molecule has 20 heavy (non-hydrogen) atoms. The van der Waals surface area contributed by atoms with Crippen molar-refractivity contribution in [2.75, 3.05) is 19.6 Å². The summed E-state index contributed by atoms with van der Waals surface area (Å²) in [4.78, 5) is 2.53. The second-order valence-corrected chi connectivity index (χ2v) is 5.86. The summed E-state index contributed by atoms with van der Waals surface area (Å²) < 4.78 is 5.47. The monoisotopic (exact) mass is 274 g/mol. The van der Waals surface area contributed by atoms with Crippen molar-refractivity contribution < 1.29 is 9.52 Å². The van der Waals surface area contributed by atoms with E-state index in [1.165, 1.54) is 19.4 Å². The predicted octanol–water partition coefficient (Wildman–Crippen LogP) is 1.21. The Bertz CT molecular complexity index is 491. The molecule has 0 amide bonds. The first-order chi connectivity index (χ1) is 9.80. The number of aliphatic hydroxyl groups excluding tert-OH is 1. The molecule has 3 saturated heterocycles. The molecule has 1 aromatic rings. The van der Waals surface area contributed by atoms with Gasteiger partial charge in [0.1, 0.15) is 18.1 Å². The molecule has 2 bridgehead atoms. The maximum atomic E-state index is 8.96. The maximum absolute atomic E-state index is 8.96. The predicted molar refractivity (Wildman–Crippen MR) is 76.7 cm³/mol. The van der Waals surface area contributed by atoms with Crippen molar-refractivity contribution in [3.8, 4) is 12.3 Å². The van der Waals surface area contributed by atoms with Crippen LogP contribution >= 0.6 is 0 Å². The molecular formula is C16H22N2O2. The normalized spacial score (nSPS) is 32.2. The highest BCUT2D eigenvalue weighted by molar-refractivity contribution is 5.07. The third kappa shape index (κ3) is 2.76. The molecule has 4 rings (SSSR count). The second kappa shape index (κ2) is 6.01. The summed E-state index contributed by atoms with van der Waals surface area (Å²) in [5.74, 6) is 5.62. The van der Waals surface area contributed by atoms with Crippen LogP contribution < -0.4 is 5.32 Å². The molecule has 1 unspecified atom stereocenters. The van der Waals surface area contributed by atoms with Crippen LogP contribution in [0, 0.1) is 24.2 Å². The number of terminal acetylenes is 1. The van der Waals surface area contributed by atoms with E-state index in [4.69, 9.17) is 15.9 Å². The molecule has 0 saturated carbocycles. The van der Waals surface area contributed by atoms with Crippen molar-refractivity contribution in [1.82, 2.24) is 10.2 Å². The highest BCUT2D eigenvalue weighted by Gasteiger charge is 2.38. The van der Waals surface area contributed by atoms with Crippen LogP contribution in [-0.4, -0.2) is 35.7 Å². The number of piperidine rings is 3. The van der Waals surface area contributed by atoms with E-state index >= 15 is 0 Å². The highest BCUT2D eigenvalue weighted by Crippen LogP contribution is 2.35. The average Bonchev–Trinajstić information content (AvgIpc) is 2.96. The molecule has 108 valence electrons. The quantitative estimate of drug-likeness (QED) is 0.792. The van der Waals surface area contributed by atoms with Crippen molar-refractivity contribution in [2.45, 2.75) is 32.0 Å². The van der Waals surface area contributed by atoms with Gasteiger partial charge in [0.2, 0.25) is 0 Å². The first-order valence-corrected chi connectivity index (χ1v) is 7.39. The van der Waals surface area contributed by atoms with Crippen LogP contribution in [0.2, 0.25) is 0 Å². The lowest BCUT2D eigenvalue weighted by atomic mass is 9.76. The van der Waals surface area contributed by atoms with Crippen molar-refractivity contribution in [2.24, 2.45) is 11.8 Å². The van der Waals surface area contributed by atoms with Gasteiger partial charge in [-0.1, -0.05) is 0 Å². The van der Waals surface area contributed by atoms with Gasteiger partial charge in [0.15, 0.2) is 0 Å². The molecule has 2 N–H and O–H groups in total. The number of fused-ring (bicyclic) bond motifs is 3. The Morgan fingerprint density at radius 1 is 1.45 bits per heavy atom. The third-order valence-corrected chi connectivity index (χ3v) is 4.64. The SMILES string of the molecule is C#C[C@@H]1CN2CC[C@H]1C[C@@H]2CNCc1ccc(CO)o1. The van der Waals surface area contributed by atoms with Gasteiger partial charge in [-0.05, 0) is 37.4 Å². The molecule has 4 atom stereocenters. The average molecular weight is 274 g/mol. The standard InChI is InChI=1S/C16H22N2O2/c1-2-12-10-18-6-5-13(12)7-14(18)8-17-9-15-3-4-16(11-19)20-15/h1,3-4,12-14,17,19H,5-11H2/t12-,13+,14-/m1/s1. The zero-order valence-corrected chi connectivity index (χ0v) is 11.7. The van der Waals surface area contributed by atoms with Gasteiger partial charge in [-0.3, -0.25) is 4.90 Å². The van der Waals surface area contributed by atoms with Gasteiger partial charge < -0.3 is 14.8 Å². The molecule has 3 aliphatic heterocycles. The summed E-state index contributed by atoms with van der Waals surface area (Å²) in [5.41, 5.74) is 0. The minimum Gasteiger partial charge on any atom is -0.462 e. The molecule has 0 radical (unpaired) electrons. The number of aliphatic hydroxyl groups is 1. The van der Waals surface area contributed by atoms with Crippen molar-refractivity contribution >= 4 is 0 Å². The Kier molecular flexibility index (Phi) is 4.11. The summed E-state index contributed by atoms with van der Waals surface area (Å²) in [6, 6.07) is 4.34. The van der Waals surface area contributed by atoms with Gasteiger partial charge >= 0.3 is 0 Å². The summed E-state index contributed by atoms with van der Waals surface area (Å²) >= 11 is 0. The van der Waals surface area contributed by atoms with Crippen LogP contribution in [0.3, 0.4) is 0 Å². The number of hydrogen-bond acceptors (Lipinski definition) is 4. The lowest BCUT2D eigenvalue weighted by Gasteiger charge is -2.48. The lowest BCUT2D eigenvalue weighted by Crippen LogP contribution is -2.55. The van der Waals surface area contributed by atoms with Crippen LogP contribution in [0.25, 0.3) is 0 Å². The fourth-order valence-electron chi connectivity index (χ4n) is 3.50. The number of furan rings is 1. The first-order valence-electron chi connectivity index (χ1n) is 7.39. The third-order valence-electron chi connectivity index (χ3n) is 4.64. The smallest absolute Gasteiger partial charge is 0.129 e. The lowest BCUT2D eigenvalue weighted by molar-refractivity contribution is 0.0226. The van der Waals surface area contributed by atoms with Gasteiger partial charge in [-0.2, -0.15) is 0 Å². The van der Waals surface area contributed by atoms with Gasteiger partial charge in [-0.15, -0.1) is 12.3 Å². The van der Waals surface area contributed by atoms with Crippen LogP contribution in [0.15, 0.2) is 16.5 Å². The summed E-state index contributed by atoms with van der Waals surface area (Å²) in [7, 11) is 0. The zero-order chi connectivity index (χ0) is 13.9. The van der Waals surface area contributed by atoms with Crippen LogP contribution in [-0.2, 0) is 13.2 Å². The summed E-state index contributed by atoms with van der Waals surface area (Å²) in [6.07, 6.45) is 8.07. The second-order valence-electron chi connectivity index (χ2n) is 5.86. The van der Waals surface area contributed by atoms with Gasteiger partial charge in [0.05, 0.1) is 6.54 Å². The summed E-state index contributed by atoms with van der Waals surface area (Å²) in [6.45, 7) is 3.90. The van der Waals surface area contributed by atoms with Crippen molar-refractivity contribution in [1.29, 1.82) is 0 Å². The molecule has 1 aromatic heterocycles. The van der Waals surface area contributed by atoms with E-state index in [1.54, 1.807) is 0 Å². The van der Waals surface area contributed by atoms with E-state index in [0.717, 1.165) is 18.8 Å². The maximum Gasteiger partial charge on any atom is 0.129 e. The Morgan fingerprint density at radius 2 is 2.30 bits per heavy atom. The van der Waals surface area contributed by atoms with E-state index in [9.17, 15) is 0 Å². The van der Waals surface area contributed by atoms with Crippen molar-refractivity contribution in [3.63, 3.8) is 0 Å². The molecule has 4 heteroatoms.